The van der Waals surface area contributed by atoms with Gasteiger partial charge in [-0.2, -0.15) is 0 Å². The Hall–Kier alpha value is -2.14. The highest BCUT2D eigenvalue weighted by atomic mass is 16.5. The molecular formula is C15H18N2O3. The maximum Gasteiger partial charge on any atom is 0.273 e. The van der Waals surface area contributed by atoms with Crippen LogP contribution < -0.4 is 5.32 Å². The molecule has 1 N–H and O–H groups in total. The number of amides is 1. The van der Waals surface area contributed by atoms with Gasteiger partial charge in [0.2, 0.25) is 5.89 Å². The number of oxazole rings is 1. The Morgan fingerprint density at radius 2 is 2.10 bits per heavy atom. The lowest BCUT2D eigenvalue weighted by Crippen LogP contribution is -2.27. The first-order valence-electron chi connectivity index (χ1n) is 6.44. The van der Waals surface area contributed by atoms with Crippen LogP contribution in [0.1, 0.15) is 21.8 Å². The average molecular weight is 274 g/mol. The highest BCUT2D eigenvalue weighted by molar-refractivity contribution is 5.93. The van der Waals surface area contributed by atoms with Crippen LogP contribution in [0.4, 0.5) is 0 Å². The third-order valence-electron chi connectivity index (χ3n) is 2.98. The molecular weight excluding hydrogens is 256 g/mol. The summed E-state index contributed by atoms with van der Waals surface area (Å²) in [5.74, 6) is 0.735. The number of ether oxygens (including phenoxy) is 1. The number of hydrogen-bond donors (Lipinski definition) is 1. The number of nitrogens with one attached hydrogen (secondary N) is 1. The van der Waals surface area contributed by atoms with Crippen LogP contribution in [0.15, 0.2) is 28.7 Å². The summed E-state index contributed by atoms with van der Waals surface area (Å²) in [5, 5.41) is 2.73. The van der Waals surface area contributed by atoms with Crippen molar-refractivity contribution in [1.29, 1.82) is 0 Å². The van der Waals surface area contributed by atoms with E-state index < -0.39 is 0 Å². The predicted octanol–water partition coefficient (Wildman–Crippen LogP) is 2.33. The summed E-state index contributed by atoms with van der Waals surface area (Å²) in [5.41, 5.74) is 2.27. The van der Waals surface area contributed by atoms with Crippen molar-refractivity contribution in [2.45, 2.75) is 13.8 Å². The summed E-state index contributed by atoms with van der Waals surface area (Å²) < 4.78 is 10.5. The molecule has 1 heterocycles. The molecule has 106 valence electrons. The predicted molar refractivity (Wildman–Crippen MR) is 75.6 cm³/mol. The average Bonchev–Trinajstić information content (AvgIpc) is 2.81. The summed E-state index contributed by atoms with van der Waals surface area (Å²) in [6, 6.07) is 7.77. The molecule has 0 atom stereocenters. The molecule has 0 saturated heterocycles. The topological polar surface area (TPSA) is 64.4 Å². The molecule has 0 spiro atoms. The minimum atomic E-state index is -0.247. The number of aryl methyl sites for hydroxylation is 2. The van der Waals surface area contributed by atoms with E-state index in [0.717, 1.165) is 11.1 Å². The monoisotopic (exact) mass is 274 g/mol. The fourth-order valence-electron chi connectivity index (χ4n) is 1.89. The Labute approximate surface area is 118 Å². The normalized spacial score (nSPS) is 10.6. The number of carbonyl (C=O) groups excluding carboxylic acids is 1. The van der Waals surface area contributed by atoms with Gasteiger partial charge in [0.05, 0.1) is 6.61 Å². The van der Waals surface area contributed by atoms with Crippen molar-refractivity contribution < 1.29 is 13.9 Å². The van der Waals surface area contributed by atoms with Crippen LogP contribution >= 0.6 is 0 Å². The van der Waals surface area contributed by atoms with Crippen molar-refractivity contribution in [3.05, 3.63) is 41.3 Å². The third-order valence-corrected chi connectivity index (χ3v) is 2.98. The van der Waals surface area contributed by atoms with Gasteiger partial charge in [0.1, 0.15) is 5.76 Å². The van der Waals surface area contributed by atoms with E-state index in [0.29, 0.717) is 30.5 Å². The summed E-state index contributed by atoms with van der Waals surface area (Å²) in [4.78, 5) is 16.3. The Balaban J connectivity index is 2.22. The minimum Gasteiger partial charge on any atom is -0.441 e. The Bertz CT molecular complexity index is 605. The van der Waals surface area contributed by atoms with Crippen LogP contribution in [-0.2, 0) is 4.74 Å². The molecule has 0 bridgehead atoms. The van der Waals surface area contributed by atoms with Crippen molar-refractivity contribution in [2.75, 3.05) is 20.3 Å². The molecule has 0 unspecified atom stereocenters. The standard InChI is InChI=1S/C15H18N2O3/c1-10-6-4-5-7-12(10)15-17-13(11(2)20-15)14(18)16-8-9-19-3/h4-7H,8-9H2,1-3H3,(H,16,18). The van der Waals surface area contributed by atoms with Gasteiger partial charge in [0.15, 0.2) is 5.69 Å². The van der Waals surface area contributed by atoms with Crippen LogP contribution in [0, 0.1) is 13.8 Å². The van der Waals surface area contributed by atoms with Gasteiger partial charge in [-0.3, -0.25) is 4.79 Å². The van der Waals surface area contributed by atoms with E-state index in [9.17, 15) is 4.79 Å². The van der Waals surface area contributed by atoms with E-state index in [1.807, 2.05) is 31.2 Å². The second kappa shape index (κ2) is 6.34. The van der Waals surface area contributed by atoms with E-state index in [4.69, 9.17) is 9.15 Å². The summed E-state index contributed by atoms with van der Waals surface area (Å²) in [7, 11) is 1.59. The lowest BCUT2D eigenvalue weighted by Gasteiger charge is -2.01. The van der Waals surface area contributed by atoms with Crippen LogP contribution in [0.2, 0.25) is 0 Å². The SMILES string of the molecule is COCCNC(=O)c1nc(-c2ccccc2C)oc1C. The van der Waals surface area contributed by atoms with Crippen molar-refractivity contribution in [3.8, 4) is 11.5 Å². The lowest BCUT2D eigenvalue weighted by atomic mass is 10.1. The maximum absolute atomic E-state index is 12.0. The number of benzene rings is 1. The summed E-state index contributed by atoms with van der Waals surface area (Å²) in [6.45, 7) is 4.63. The zero-order valence-electron chi connectivity index (χ0n) is 11.9. The molecule has 1 amide bonds. The van der Waals surface area contributed by atoms with Crippen molar-refractivity contribution in [3.63, 3.8) is 0 Å². The number of hydrogen-bond acceptors (Lipinski definition) is 4. The van der Waals surface area contributed by atoms with Gasteiger partial charge in [-0.1, -0.05) is 18.2 Å². The van der Waals surface area contributed by atoms with Crippen molar-refractivity contribution >= 4 is 5.91 Å². The van der Waals surface area contributed by atoms with E-state index in [1.165, 1.54) is 0 Å². The van der Waals surface area contributed by atoms with Crippen LogP contribution in [0.5, 0.6) is 0 Å². The summed E-state index contributed by atoms with van der Waals surface area (Å²) in [6.07, 6.45) is 0. The quantitative estimate of drug-likeness (QED) is 0.850. The highest BCUT2D eigenvalue weighted by Gasteiger charge is 2.18. The van der Waals surface area contributed by atoms with Gasteiger partial charge in [-0.15, -0.1) is 0 Å². The third kappa shape index (κ3) is 3.05. The smallest absolute Gasteiger partial charge is 0.273 e. The Morgan fingerprint density at radius 1 is 1.35 bits per heavy atom. The first-order chi connectivity index (χ1) is 9.63. The molecule has 0 aliphatic carbocycles. The molecule has 1 aromatic carbocycles. The number of methoxy groups -OCH3 is 1. The second-order valence-corrected chi connectivity index (χ2v) is 4.49. The molecule has 20 heavy (non-hydrogen) atoms. The molecule has 0 saturated carbocycles. The van der Waals surface area contributed by atoms with Crippen molar-refractivity contribution in [2.24, 2.45) is 0 Å². The Morgan fingerprint density at radius 3 is 2.80 bits per heavy atom. The van der Waals surface area contributed by atoms with Crippen molar-refractivity contribution in [1.82, 2.24) is 10.3 Å². The first-order valence-corrected chi connectivity index (χ1v) is 6.44. The molecule has 0 radical (unpaired) electrons. The summed E-state index contributed by atoms with van der Waals surface area (Å²) >= 11 is 0. The molecule has 5 nitrogen and oxygen atoms in total. The molecule has 0 fully saturated rings. The van der Waals surface area contributed by atoms with Gasteiger partial charge < -0.3 is 14.5 Å². The molecule has 0 aliphatic rings. The minimum absolute atomic E-state index is 0.247. The van der Waals surface area contributed by atoms with E-state index in [1.54, 1.807) is 14.0 Å². The molecule has 1 aromatic heterocycles. The fraction of sp³-hybridized carbons (Fsp3) is 0.333. The largest absolute Gasteiger partial charge is 0.441 e. The molecule has 2 rings (SSSR count). The van der Waals surface area contributed by atoms with Gasteiger partial charge in [0.25, 0.3) is 5.91 Å². The fourth-order valence-corrected chi connectivity index (χ4v) is 1.89. The number of carbonyl (C=O) groups is 1. The Kier molecular flexibility index (Phi) is 4.53. The maximum atomic E-state index is 12.0. The van der Waals surface area contributed by atoms with E-state index in [-0.39, 0.29) is 5.91 Å². The van der Waals surface area contributed by atoms with Gasteiger partial charge in [-0.25, -0.2) is 4.98 Å². The highest BCUT2D eigenvalue weighted by Crippen LogP contribution is 2.24. The van der Waals surface area contributed by atoms with E-state index in [2.05, 4.69) is 10.3 Å². The lowest BCUT2D eigenvalue weighted by molar-refractivity contribution is 0.0931. The first kappa shape index (κ1) is 14.3. The number of rotatable bonds is 5. The van der Waals surface area contributed by atoms with Crippen LogP contribution in [-0.4, -0.2) is 31.2 Å². The molecule has 5 heteroatoms. The van der Waals surface area contributed by atoms with Gasteiger partial charge in [0, 0.05) is 19.2 Å². The van der Waals surface area contributed by atoms with Gasteiger partial charge in [-0.05, 0) is 25.5 Å². The second-order valence-electron chi connectivity index (χ2n) is 4.49. The van der Waals surface area contributed by atoms with Gasteiger partial charge >= 0.3 is 0 Å². The van der Waals surface area contributed by atoms with Crippen LogP contribution in [0.3, 0.4) is 0 Å². The molecule has 0 aliphatic heterocycles. The number of aromatic nitrogens is 1. The zero-order chi connectivity index (χ0) is 14.5. The number of nitrogens with zero attached hydrogens (tertiary/aromatic N) is 1. The van der Waals surface area contributed by atoms with Crippen LogP contribution in [0.25, 0.3) is 11.5 Å². The zero-order valence-corrected chi connectivity index (χ0v) is 11.9. The molecule has 2 aromatic rings. The van der Waals surface area contributed by atoms with E-state index >= 15 is 0 Å².